The number of halogens is 1. The minimum atomic E-state index is -0.660. The molecule has 1 aromatic heterocycles. The Labute approximate surface area is 214 Å². The summed E-state index contributed by atoms with van der Waals surface area (Å²) in [6.07, 6.45) is 9.04. The van der Waals surface area contributed by atoms with Crippen LogP contribution in [0.3, 0.4) is 0 Å². The van der Waals surface area contributed by atoms with Crippen molar-refractivity contribution in [3.05, 3.63) is 35.0 Å². The smallest absolute Gasteiger partial charge is 0.237 e. The number of aromatic nitrogens is 1. The molecule has 8 heteroatoms. The molecule has 0 radical (unpaired) electrons. The summed E-state index contributed by atoms with van der Waals surface area (Å²) in [6.45, 7) is 9.02. The molecule has 0 bridgehead atoms. The minimum absolute atomic E-state index is 0.0241. The Kier molecular flexibility index (Phi) is 9.47. The van der Waals surface area contributed by atoms with Crippen LogP contribution in [0.2, 0.25) is 5.02 Å². The van der Waals surface area contributed by atoms with Gasteiger partial charge >= 0.3 is 0 Å². The van der Waals surface area contributed by atoms with E-state index in [4.69, 9.17) is 11.6 Å². The zero-order chi connectivity index (χ0) is 24.8. The molecule has 2 aliphatic rings. The number of nitrogens with one attached hydrogen (secondary N) is 3. The number of aliphatic hydroxyl groups excluding tert-OH is 1. The van der Waals surface area contributed by atoms with E-state index >= 15 is 0 Å². The molecule has 35 heavy (non-hydrogen) atoms. The second kappa shape index (κ2) is 12.5. The summed E-state index contributed by atoms with van der Waals surface area (Å²) in [4.78, 5) is 20.6. The number of likely N-dealkylation sites (tertiary alicyclic amines) is 2. The van der Waals surface area contributed by atoms with Gasteiger partial charge in [0.25, 0.3) is 0 Å². The summed E-state index contributed by atoms with van der Waals surface area (Å²) >= 11 is 6.23. The summed E-state index contributed by atoms with van der Waals surface area (Å²) < 4.78 is 0. The maximum atomic E-state index is 13.0. The van der Waals surface area contributed by atoms with Crippen LogP contribution in [-0.4, -0.2) is 76.3 Å². The fraction of sp³-hybridized carbons (Fsp3) is 0.667. The molecule has 2 saturated heterocycles. The number of fused-ring (bicyclic) bond motifs is 1. The van der Waals surface area contributed by atoms with Crippen molar-refractivity contribution < 1.29 is 9.90 Å². The standard InChI is InChI=1S/C27H42ClN5O2/c1-19(2)31-24(8-4-7-14-32-12-5-3-6-13-32)27(35)33-15-11-25(33)26(34)30-17-20-9-10-23-21(16-20)22(28)18-29-23/h9-10,16,18-19,24-25,27,29,31,35H,3-8,11-15,17H2,1-2H3,(H,30,34)/t24-,25+,27?/m1/s1. The van der Waals surface area contributed by atoms with E-state index in [1.807, 2.05) is 23.1 Å². The number of H-pyrrole nitrogens is 1. The van der Waals surface area contributed by atoms with E-state index in [-0.39, 0.29) is 24.0 Å². The number of rotatable bonds is 12. The summed E-state index contributed by atoms with van der Waals surface area (Å²) in [5, 5.41) is 19.5. The summed E-state index contributed by atoms with van der Waals surface area (Å²) in [5.74, 6) is -0.0241. The number of piperidine rings is 1. The van der Waals surface area contributed by atoms with E-state index in [1.165, 1.54) is 32.4 Å². The molecule has 194 valence electrons. The first-order valence-electron chi connectivity index (χ1n) is 13.4. The second-order valence-electron chi connectivity index (χ2n) is 10.5. The number of amides is 1. The molecular formula is C27H42ClN5O2. The number of aliphatic hydroxyl groups is 1. The highest BCUT2D eigenvalue weighted by molar-refractivity contribution is 6.35. The zero-order valence-corrected chi connectivity index (χ0v) is 22.0. The maximum absolute atomic E-state index is 13.0. The van der Waals surface area contributed by atoms with Crippen molar-refractivity contribution in [1.82, 2.24) is 25.4 Å². The summed E-state index contributed by atoms with van der Waals surface area (Å²) in [5.41, 5.74) is 1.99. The van der Waals surface area contributed by atoms with Crippen molar-refractivity contribution in [2.45, 2.75) is 89.7 Å². The van der Waals surface area contributed by atoms with Gasteiger partial charge in [0.15, 0.2) is 0 Å². The number of hydrogen-bond acceptors (Lipinski definition) is 5. The van der Waals surface area contributed by atoms with Gasteiger partial charge in [0.2, 0.25) is 5.91 Å². The third-order valence-corrected chi connectivity index (χ3v) is 7.77. The molecule has 1 amide bonds. The molecule has 4 N–H and O–H groups in total. The highest BCUT2D eigenvalue weighted by Crippen LogP contribution is 2.25. The van der Waals surface area contributed by atoms with Crippen molar-refractivity contribution in [3.8, 4) is 0 Å². The molecule has 0 spiro atoms. The molecular weight excluding hydrogens is 462 g/mol. The number of hydrogen-bond donors (Lipinski definition) is 4. The fourth-order valence-corrected chi connectivity index (χ4v) is 5.63. The molecule has 2 fully saturated rings. The first kappa shape index (κ1) is 26.4. The number of unbranched alkanes of at least 4 members (excludes halogenated alkanes) is 1. The molecule has 3 heterocycles. The van der Waals surface area contributed by atoms with E-state index in [1.54, 1.807) is 6.20 Å². The van der Waals surface area contributed by atoms with Gasteiger partial charge in [-0.15, -0.1) is 0 Å². The van der Waals surface area contributed by atoms with Gasteiger partial charge in [-0.2, -0.15) is 0 Å². The van der Waals surface area contributed by atoms with Crippen LogP contribution < -0.4 is 10.6 Å². The first-order chi connectivity index (χ1) is 16.9. The van der Waals surface area contributed by atoms with Crippen LogP contribution in [0.4, 0.5) is 0 Å². The van der Waals surface area contributed by atoms with Crippen LogP contribution in [0, 0.1) is 0 Å². The number of carbonyl (C=O) groups excluding carboxylic acids is 1. The van der Waals surface area contributed by atoms with Crippen LogP contribution in [0.15, 0.2) is 24.4 Å². The molecule has 0 aliphatic carbocycles. The van der Waals surface area contributed by atoms with Crippen LogP contribution in [0.5, 0.6) is 0 Å². The van der Waals surface area contributed by atoms with Crippen LogP contribution in [0.1, 0.15) is 64.4 Å². The quantitative estimate of drug-likeness (QED) is 0.331. The van der Waals surface area contributed by atoms with Crippen molar-refractivity contribution in [1.29, 1.82) is 0 Å². The van der Waals surface area contributed by atoms with Gasteiger partial charge in [-0.05, 0) is 69.4 Å². The third-order valence-electron chi connectivity index (χ3n) is 7.46. The molecule has 4 rings (SSSR count). The zero-order valence-electron chi connectivity index (χ0n) is 21.2. The van der Waals surface area contributed by atoms with Gasteiger partial charge in [0, 0.05) is 42.3 Å². The second-order valence-corrected chi connectivity index (χ2v) is 10.9. The lowest BCUT2D eigenvalue weighted by molar-refractivity contribution is -0.145. The monoisotopic (exact) mass is 503 g/mol. The van der Waals surface area contributed by atoms with Gasteiger partial charge in [-0.1, -0.05) is 44.4 Å². The maximum Gasteiger partial charge on any atom is 0.237 e. The molecule has 2 aromatic rings. The minimum Gasteiger partial charge on any atom is -0.377 e. The third kappa shape index (κ3) is 6.98. The average molecular weight is 504 g/mol. The Bertz CT molecular complexity index is 958. The Morgan fingerprint density at radius 3 is 2.71 bits per heavy atom. The Balaban J connectivity index is 1.26. The molecule has 3 atom stereocenters. The highest BCUT2D eigenvalue weighted by atomic mass is 35.5. The number of aromatic amines is 1. The average Bonchev–Trinajstić information content (AvgIpc) is 3.19. The summed E-state index contributed by atoms with van der Waals surface area (Å²) in [7, 11) is 0. The molecule has 2 aliphatic heterocycles. The molecule has 1 aromatic carbocycles. The van der Waals surface area contributed by atoms with E-state index < -0.39 is 6.23 Å². The topological polar surface area (TPSA) is 83.6 Å². The normalized spacial score (nSPS) is 21.2. The van der Waals surface area contributed by atoms with E-state index in [9.17, 15) is 9.90 Å². The van der Waals surface area contributed by atoms with Crippen molar-refractivity contribution in [2.24, 2.45) is 0 Å². The SMILES string of the molecule is CC(C)N[C@H](CCCCN1CCCCC1)C(O)N1CC[C@H]1C(=O)NCc1ccc2[nH]cc(Cl)c2c1. The van der Waals surface area contributed by atoms with E-state index in [0.29, 0.717) is 11.6 Å². The Morgan fingerprint density at radius 1 is 1.20 bits per heavy atom. The summed E-state index contributed by atoms with van der Waals surface area (Å²) in [6, 6.07) is 5.94. The highest BCUT2D eigenvalue weighted by Gasteiger charge is 2.40. The van der Waals surface area contributed by atoms with Gasteiger partial charge in [0.1, 0.15) is 6.23 Å². The van der Waals surface area contributed by atoms with Gasteiger partial charge < -0.3 is 25.6 Å². The van der Waals surface area contributed by atoms with E-state index in [2.05, 4.69) is 34.4 Å². The van der Waals surface area contributed by atoms with E-state index in [0.717, 1.165) is 55.2 Å². The van der Waals surface area contributed by atoms with Gasteiger partial charge in [-0.25, -0.2) is 0 Å². The van der Waals surface area contributed by atoms with Crippen LogP contribution in [-0.2, 0) is 11.3 Å². The van der Waals surface area contributed by atoms with Crippen LogP contribution >= 0.6 is 11.6 Å². The van der Waals surface area contributed by atoms with Gasteiger partial charge in [-0.3, -0.25) is 9.69 Å². The van der Waals surface area contributed by atoms with Crippen molar-refractivity contribution >= 4 is 28.4 Å². The number of carbonyl (C=O) groups is 1. The lowest BCUT2D eigenvalue weighted by Gasteiger charge is -2.45. The van der Waals surface area contributed by atoms with Crippen molar-refractivity contribution in [2.75, 3.05) is 26.2 Å². The lowest BCUT2D eigenvalue weighted by atomic mass is 9.97. The molecule has 1 unspecified atom stereocenters. The predicted molar refractivity (Wildman–Crippen MR) is 142 cm³/mol. The van der Waals surface area contributed by atoms with Gasteiger partial charge in [0.05, 0.1) is 11.1 Å². The Hall–Kier alpha value is -1.64. The lowest BCUT2D eigenvalue weighted by Crippen LogP contribution is -2.64. The number of benzene rings is 1. The Morgan fingerprint density at radius 2 is 2.00 bits per heavy atom. The van der Waals surface area contributed by atoms with Crippen molar-refractivity contribution in [3.63, 3.8) is 0 Å². The first-order valence-corrected chi connectivity index (χ1v) is 13.8. The molecule has 7 nitrogen and oxygen atoms in total. The number of nitrogens with zero attached hydrogens (tertiary/aromatic N) is 2. The predicted octanol–water partition coefficient (Wildman–Crippen LogP) is 3.85. The fourth-order valence-electron chi connectivity index (χ4n) is 5.42. The largest absolute Gasteiger partial charge is 0.377 e. The molecule has 0 saturated carbocycles. The van der Waals surface area contributed by atoms with Crippen LogP contribution in [0.25, 0.3) is 10.9 Å².